The van der Waals surface area contributed by atoms with Gasteiger partial charge in [0.15, 0.2) is 17.3 Å². The molecule has 0 N–H and O–H groups in total. The lowest BCUT2D eigenvalue weighted by Crippen LogP contribution is -2.49. The van der Waals surface area contributed by atoms with Crippen molar-refractivity contribution in [3.63, 3.8) is 0 Å². The van der Waals surface area contributed by atoms with Crippen LogP contribution >= 0.6 is 0 Å². The van der Waals surface area contributed by atoms with Gasteiger partial charge in [0.2, 0.25) is 10.0 Å². The Morgan fingerprint density at radius 2 is 1.75 bits per heavy atom. The van der Waals surface area contributed by atoms with Crippen LogP contribution in [0, 0.1) is 11.6 Å². The normalized spacial score (nSPS) is 16.6. The van der Waals surface area contributed by atoms with E-state index < -0.39 is 21.7 Å². The van der Waals surface area contributed by atoms with Gasteiger partial charge in [-0.25, -0.2) is 22.0 Å². The van der Waals surface area contributed by atoms with Gasteiger partial charge < -0.3 is 0 Å². The third-order valence-corrected chi connectivity index (χ3v) is 6.58. The highest BCUT2D eigenvalue weighted by Crippen LogP contribution is 2.20. The molecule has 8 nitrogen and oxygen atoms in total. The molecule has 1 aromatic carbocycles. The average Bonchev–Trinajstić information content (AvgIpc) is 3.00. The Morgan fingerprint density at radius 1 is 1.00 bits per heavy atom. The smallest absolute Gasteiger partial charge is 0.282 e. The summed E-state index contributed by atoms with van der Waals surface area (Å²) < 4.78 is 55.7. The number of aromatic nitrogens is 3. The van der Waals surface area contributed by atoms with E-state index in [-0.39, 0.29) is 30.3 Å². The van der Waals surface area contributed by atoms with Crippen molar-refractivity contribution in [3.05, 3.63) is 64.7 Å². The van der Waals surface area contributed by atoms with Crippen LogP contribution < -0.4 is 5.69 Å². The molecule has 0 saturated carbocycles. The Kier molecular flexibility index (Phi) is 4.73. The van der Waals surface area contributed by atoms with Gasteiger partial charge in [-0.1, -0.05) is 6.07 Å². The minimum Gasteiger partial charge on any atom is -0.282 e. The number of hydrogen-bond donors (Lipinski definition) is 0. The second-order valence-corrected chi connectivity index (χ2v) is 8.39. The summed E-state index contributed by atoms with van der Waals surface area (Å²) in [7, 11) is -3.91. The van der Waals surface area contributed by atoms with E-state index in [1.807, 2.05) is 4.90 Å². The molecule has 1 saturated heterocycles. The fraction of sp³-hybridized carbons (Fsp3) is 0.294. The quantitative estimate of drug-likeness (QED) is 0.635. The Labute approximate surface area is 159 Å². The van der Waals surface area contributed by atoms with Crippen molar-refractivity contribution in [1.82, 2.24) is 23.4 Å². The highest BCUT2D eigenvalue weighted by Gasteiger charge is 2.29. The first-order chi connectivity index (χ1) is 13.4. The molecule has 0 radical (unpaired) electrons. The number of hydrogen-bond acceptors (Lipinski definition) is 5. The summed E-state index contributed by atoms with van der Waals surface area (Å²) in [5.41, 5.74) is 0.263. The highest BCUT2D eigenvalue weighted by molar-refractivity contribution is 7.89. The zero-order valence-corrected chi connectivity index (χ0v) is 15.5. The average molecular weight is 409 g/mol. The summed E-state index contributed by atoms with van der Waals surface area (Å²) in [6.07, 6.45) is 1.63. The molecule has 3 heterocycles. The first-order valence-electron chi connectivity index (χ1n) is 8.58. The standard InChI is InChI=1S/C17H17F2N5O3S/c18-14-5-4-13(11-15(14)19)28(26,27)22-9-7-21(8-10-22)12-24-17(25)23-6-2-1-3-16(23)20-24/h1-6,11H,7-10,12H2. The van der Waals surface area contributed by atoms with Crippen molar-refractivity contribution < 1.29 is 17.2 Å². The maximum absolute atomic E-state index is 13.4. The molecule has 0 amide bonds. The van der Waals surface area contributed by atoms with Gasteiger partial charge in [-0.3, -0.25) is 9.30 Å². The lowest BCUT2D eigenvalue weighted by Gasteiger charge is -2.33. The molecule has 0 spiro atoms. The minimum absolute atomic E-state index is 0.170. The molecule has 0 atom stereocenters. The van der Waals surface area contributed by atoms with Crippen LogP contribution in [0.1, 0.15) is 0 Å². The predicted molar refractivity (Wildman–Crippen MR) is 96.1 cm³/mol. The number of fused-ring (bicyclic) bond motifs is 1. The van der Waals surface area contributed by atoms with Crippen LogP contribution in [0.15, 0.2) is 52.3 Å². The molecule has 2 aromatic heterocycles. The van der Waals surface area contributed by atoms with Crippen molar-refractivity contribution in [3.8, 4) is 0 Å². The predicted octanol–water partition coefficient (Wildman–Crippen LogP) is 0.738. The summed E-state index contributed by atoms with van der Waals surface area (Å²) in [5.74, 6) is -2.30. The largest absolute Gasteiger partial charge is 0.351 e. The van der Waals surface area contributed by atoms with E-state index in [2.05, 4.69) is 5.10 Å². The molecule has 0 bridgehead atoms. The first-order valence-corrected chi connectivity index (χ1v) is 10.0. The van der Waals surface area contributed by atoms with Crippen molar-refractivity contribution >= 4 is 15.7 Å². The molecule has 28 heavy (non-hydrogen) atoms. The second kappa shape index (κ2) is 7.08. The van der Waals surface area contributed by atoms with Gasteiger partial charge in [0.25, 0.3) is 0 Å². The fourth-order valence-corrected chi connectivity index (χ4v) is 4.58. The van der Waals surface area contributed by atoms with Gasteiger partial charge in [-0.05, 0) is 30.3 Å². The van der Waals surface area contributed by atoms with Gasteiger partial charge >= 0.3 is 5.69 Å². The number of piperazine rings is 1. The van der Waals surface area contributed by atoms with Crippen molar-refractivity contribution in [2.24, 2.45) is 0 Å². The number of benzene rings is 1. The highest BCUT2D eigenvalue weighted by atomic mass is 32.2. The molecule has 1 aliphatic rings. The van der Waals surface area contributed by atoms with Gasteiger partial charge in [-0.2, -0.15) is 8.99 Å². The topological polar surface area (TPSA) is 79.9 Å². The van der Waals surface area contributed by atoms with Crippen LogP contribution in [0.2, 0.25) is 0 Å². The van der Waals surface area contributed by atoms with Crippen molar-refractivity contribution in [2.75, 3.05) is 26.2 Å². The van der Waals surface area contributed by atoms with Crippen LogP contribution in [-0.4, -0.2) is 58.0 Å². The maximum Gasteiger partial charge on any atom is 0.351 e. The van der Waals surface area contributed by atoms with Crippen LogP contribution in [0.25, 0.3) is 5.65 Å². The Morgan fingerprint density at radius 3 is 2.43 bits per heavy atom. The molecule has 1 aliphatic heterocycles. The minimum atomic E-state index is -3.91. The first kappa shape index (κ1) is 18.7. The van der Waals surface area contributed by atoms with E-state index in [1.54, 1.807) is 24.4 Å². The number of sulfonamides is 1. The van der Waals surface area contributed by atoms with Gasteiger partial charge in [0.05, 0.1) is 11.6 Å². The molecule has 4 rings (SSSR count). The molecule has 0 unspecified atom stereocenters. The summed E-state index contributed by atoms with van der Waals surface area (Å²) >= 11 is 0. The number of pyridine rings is 1. The van der Waals surface area contributed by atoms with E-state index in [1.165, 1.54) is 13.4 Å². The Bertz CT molecular complexity index is 1180. The monoisotopic (exact) mass is 409 g/mol. The molecule has 11 heteroatoms. The summed E-state index contributed by atoms with van der Waals surface area (Å²) in [6.45, 7) is 1.33. The molecule has 1 fully saturated rings. The van der Waals surface area contributed by atoms with E-state index >= 15 is 0 Å². The summed E-state index contributed by atoms with van der Waals surface area (Å²) in [5, 5.41) is 4.26. The van der Waals surface area contributed by atoms with E-state index in [0.717, 1.165) is 12.1 Å². The van der Waals surface area contributed by atoms with E-state index in [9.17, 15) is 22.0 Å². The van der Waals surface area contributed by atoms with E-state index in [4.69, 9.17) is 0 Å². The summed E-state index contributed by atoms with van der Waals surface area (Å²) in [4.78, 5) is 14.0. The fourth-order valence-electron chi connectivity index (χ4n) is 3.15. The van der Waals surface area contributed by atoms with Crippen molar-refractivity contribution in [2.45, 2.75) is 11.6 Å². The van der Waals surface area contributed by atoms with Gasteiger partial charge in [0.1, 0.15) is 0 Å². The van der Waals surface area contributed by atoms with Gasteiger partial charge in [0, 0.05) is 32.4 Å². The summed E-state index contributed by atoms with van der Waals surface area (Å²) in [6, 6.07) is 7.79. The zero-order chi connectivity index (χ0) is 19.9. The Balaban J connectivity index is 1.46. The third kappa shape index (κ3) is 3.32. The van der Waals surface area contributed by atoms with Crippen LogP contribution in [0.4, 0.5) is 8.78 Å². The molecule has 0 aliphatic carbocycles. The van der Waals surface area contributed by atoms with Crippen LogP contribution in [-0.2, 0) is 16.7 Å². The van der Waals surface area contributed by atoms with Crippen LogP contribution in [0.3, 0.4) is 0 Å². The van der Waals surface area contributed by atoms with Gasteiger partial charge in [-0.15, -0.1) is 5.10 Å². The lowest BCUT2D eigenvalue weighted by molar-refractivity contribution is 0.144. The van der Waals surface area contributed by atoms with Crippen LogP contribution in [0.5, 0.6) is 0 Å². The molecule has 3 aromatic rings. The second-order valence-electron chi connectivity index (χ2n) is 6.45. The Hall–Kier alpha value is -2.63. The molecular formula is C17H17F2N5O3S. The SMILES string of the molecule is O=c1n(CN2CCN(S(=O)(=O)c3ccc(F)c(F)c3)CC2)nc2ccccn12. The number of rotatable bonds is 4. The van der Waals surface area contributed by atoms with Crippen molar-refractivity contribution in [1.29, 1.82) is 0 Å². The lowest BCUT2D eigenvalue weighted by atomic mass is 10.3. The molecule has 148 valence electrons. The number of nitrogens with zero attached hydrogens (tertiary/aromatic N) is 5. The third-order valence-electron chi connectivity index (χ3n) is 4.68. The van der Waals surface area contributed by atoms with E-state index in [0.29, 0.717) is 24.8 Å². The maximum atomic E-state index is 13.4. The zero-order valence-electron chi connectivity index (χ0n) is 14.7. The molecular weight excluding hydrogens is 392 g/mol. The number of halogens is 2.